The molecular weight excluding hydrogens is 286 g/mol. The van der Waals surface area contributed by atoms with Crippen LogP contribution < -0.4 is 14.8 Å². The van der Waals surface area contributed by atoms with Gasteiger partial charge in [-0.1, -0.05) is 0 Å². The first kappa shape index (κ1) is 15.6. The van der Waals surface area contributed by atoms with Crippen LogP contribution in [0.15, 0.2) is 30.5 Å². The number of amides is 1. The average molecular weight is 303 g/mol. The Labute approximate surface area is 127 Å². The molecule has 7 heteroatoms. The van der Waals surface area contributed by atoms with E-state index in [0.29, 0.717) is 22.8 Å². The molecule has 0 unspecified atom stereocenters. The maximum Gasteiger partial charge on any atom is 0.251 e. The molecule has 0 aliphatic rings. The molecule has 1 heterocycles. The molecule has 1 amide bonds. The second-order valence-electron chi connectivity index (χ2n) is 4.55. The van der Waals surface area contributed by atoms with Gasteiger partial charge in [0, 0.05) is 18.8 Å². The van der Waals surface area contributed by atoms with Crippen molar-refractivity contribution in [2.24, 2.45) is 7.05 Å². The molecule has 0 saturated heterocycles. The van der Waals surface area contributed by atoms with E-state index in [4.69, 9.17) is 9.47 Å². The third kappa shape index (κ3) is 3.43. The second kappa shape index (κ2) is 6.75. The lowest BCUT2D eigenvalue weighted by Crippen LogP contribution is -2.29. The zero-order valence-electron chi connectivity index (χ0n) is 12.6. The summed E-state index contributed by atoms with van der Waals surface area (Å²) in [5.74, 6) is 0.356. The number of carbonyl (C=O) groups excluding carboxylic acids is 2. The summed E-state index contributed by atoms with van der Waals surface area (Å²) in [4.78, 5) is 24.0. The summed E-state index contributed by atoms with van der Waals surface area (Å²) in [7, 11) is 4.73. The predicted molar refractivity (Wildman–Crippen MR) is 79.4 cm³/mol. The Kier molecular flexibility index (Phi) is 4.77. The third-order valence-corrected chi connectivity index (χ3v) is 3.05. The van der Waals surface area contributed by atoms with Gasteiger partial charge in [-0.05, 0) is 24.3 Å². The SMILES string of the molecule is COc1ccc(C(=O)NCC(=O)c2ccn(C)n2)cc1OC. The maximum absolute atomic E-state index is 12.1. The molecule has 0 aliphatic carbocycles. The third-order valence-electron chi connectivity index (χ3n) is 3.05. The zero-order chi connectivity index (χ0) is 16.1. The van der Waals surface area contributed by atoms with Crippen molar-refractivity contribution in [3.63, 3.8) is 0 Å². The summed E-state index contributed by atoms with van der Waals surface area (Å²) >= 11 is 0. The van der Waals surface area contributed by atoms with Gasteiger partial charge in [0.2, 0.25) is 5.78 Å². The highest BCUT2D eigenvalue weighted by molar-refractivity contribution is 6.01. The fraction of sp³-hybridized carbons (Fsp3) is 0.267. The number of benzene rings is 1. The molecule has 2 rings (SSSR count). The van der Waals surface area contributed by atoms with Crippen LogP contribution in [-0.4, -0.2) is 42.2 Å². The van der Waals surface area contributed by atoms with Crippen LogP contribution in [0.5, 0.6) is 11.5 Å². The first-order chi connectivity index (χ1) is 10.5. The van der Waals surface area contributed by atoms with Gasteiger partial charge in [0.05, 0.1) is 20.8 Å². The summed E-state index contributed by atoms with van der Waals surface area (Å²) in [6, 6.07) is 6.39. The van der Waals surface area contributed by atoms with Crippen LogP contribution >= 0.6 is 0 Å². The lowest BCUT2D eigenvalue weighted by atomic mass is 10.2. The van der Waals surface area contributed by atoms with Crippen LogP contribution in [-0.2, 0) is 7.05 Å². The molecule has 0 atom stereocenters. The molecule has 0 spiro atoms. The van der Waals surface area contributed by atoms with E-state index in [1.54, 1.807) is 37.5 Å². The Bertz CT molecular complexity index is 694. The van der Waals surface area contributed by atoms with Crippen molar-refractivity contribution in [2.45, 2.75) is 0 Å². The molecule has 0 fully saturated rings. The number of nitrogens with one attached hydrogen (secondary N) is 1. The lowest BCUT2D eigenvalue weighted by molar-refractivity contribution is 0.0901. The smallest absolute Gasteiger partial charge is 0.251 e. The highest BCUT2D eigenvalue weighted by Crippen LogP contribution is 2.27. The number of aryl methyl sites for hydroxylation is 1. The number of hydrogen-bond donors (Lipinski definition) is 1. The van der Waals surface area contributed by atoms with Crippen molar-refractivity contribution in [3.05, 3.63) is 41.7 Å². The first-order valence-electron chi connectivity index (χ1n) is 6.58. The van der Waals surface area contributed by atoms with Gasteiger partial charge in [0.15, 0.2) is 11.5 Å². The van der Waals surface area contributed by atoms with Crippen molar-refractivity contribution in [2.75, 3.05) is 20.8 Å². The minimum atomic E-state index is -0.370. The minimum Gasteiger partial charge on any atom is -0.493 e. The van der Waals surface area contributed by atoms with E-state index in [1.165, 1.54) is 18.9 Å². The Morgan fingerprint density at radius 2 is 1.91 bits per heavy atom. The zero-order valence-corrected chi connectivity index (χ0v) is 12.6. The Balaban J connectivity index is 2.02. The number of aromatic nitrogens is 2. The van der Waals surface area contributed by atoms with E-state index in [-0.39, 0.29) is 18.2 Å². The molecule has 1 aromatic heterocycles. The number of carbonyl (C=O) groups is 2. The summed E-state index contributed by atoms with van der Waals surface area (Å²) in [6.45, 7) is -0.121. The number of rotatable bonds is 6. The first-order valence-corrected chi connectivity index (χ1v) is 6.58. The van der Waals surface area contributed by atoms with Crippen molar-refractivity contribution >= 4 is 11.7 Å². The summed E-state index contributed by atoms with van der Waals surface area (Å²) < 4.78 is 11.8. The van der Waals surface area contributed by atoms with E-state index < -0.39 is 0 Å². The van der Waals surface area contributed by atoms with Gasteiger partial charge in [0.25, 0.3) is 5.91 Å². The quantitative estimate of drug-likeness (QED) is 0.807. The average Bonchev–Trinajstić information content (AvgIpc) is 2.98. The van der Waals surface area contributed by atoms with Crippen molar-refractivity contribution in [3.8, 4) is 11.5 Å². The van der Waals surface area contributed by atoms with E-state index in [2.05, 4.69) is 10.4 Å². The molecule has 116 valence electrons. The summed E-state index contributed by atoms with van der Waals surface area (Å²) in [5.41, 5.74) is 0.696. The molecule has 0 aliphatic heterocycles. The van der Waals surface area contributed by atoms with Crippen LogP contribution in [0.2, 0.25) is 0 Å². The van der Waals surface area contributed by atoms with E-state index in [0.717, 1.165) is 0 Å². The molecular formula is C15H17N3O4. The molecule has 1 N–H and O–H groups in total. The number of ether oxygens (including phenoxy) is 2. The molecule has 0 bridgehead atoms. The standard InChI is InChI=1S/C15H17N3O4/c1-18-7-6-11(17-18)12(19)9-16-15(20)10-4-5-13(21-2)14(8-10)22-3/h4-8H,9H2,1-3H3,(H,16,20). The fourth-order valence-corrected chi connectivity index (χ4v) is 1.89. The fourth-order valence-electron chi connectivity index (χ4n) is 1.89. The topological polar surface area (TPSA) is 82.5 Å². The predicted octanol–water partition coefficient (Wildman–Crippen LogP) is 1.05. The van der Waals surface area contributed by atoms with Crippen molar-refractivity contribution < 1.29 is 19.1 Å². The maximum atomic E-state index is 12.1. The van der Waals surface area contributed by atoms with Crippen LogP contribution in [0.3, 0.4) is 0 Å². The van der Waals surface area contributed by atoms with Gasteiger partial charge < -0.3 is 14.8 Å². The van der Waals surface area contributed by atoms with Gasteiger partial charge >= 0.3 is 0 Å². The Morgan fingerprint density at radius 1 is 1.18 bits per heavy atom. The number of hydrogen-bond acceptors (Lipinski definition) is 5. The second-order valence-corrected chi connectivity index (χ2v) is 4.55. The number of ketones is 1. The van der Waals surface area contributed by atoms with Gasteiger partial charge in [-0.2, -0.15) is 5.10 Å². The van der Waals surface area contributed by atoms with Gasteiger partial charge in [0.1, 0.15) is 5.69 Å². The van der Waals surface area contributed by atoms with Crippen LogP contribution in [0.1, 0.15) is 20.8 Å². The number of Topliss-reactive ketones (excluding diaryl/α,β-unsaturated/α-hetero) is 1. The van der Waals surface area contributed by atoms with Gasteiger partial charge in [-0.15, -0.1) is 0 Å². The van der Waals surface area contributed by atoms with Crippen LogP contribution in [0.25, 0.3) is 0 Å². The summed E-state index contributed by atoms with van der Waals surface area (Å²) in [6.07, 6.45) is 1.67. The van der Waals surface area contributed by atoms with E-state index >= 15 is 0 Å². The highest BCUT2D eigenvalue weighted by Gasteiger charge is 2.14. The van der Waals surface area contributed by atoms with Gasteiger partial charge in [-0.3, -0.25) is 14.3 Å². The Morgan fingerprint density at radius 3 is 2.50 bits per heavy atom. The lowest BCUT2D eigenvalue weighted by Gasteiger charge is -2.09. The summed E-state index contributed by atoms with van der Waals surface area (Å²) in [5, 5.41) is 6.55. The largest absolute Gasteiger partial charge is 0.493 e. The number of nitrogens with zero attached hydrogens (tertiary/aromatic N) is 2. The molecule has 0 saturated carbocycles. The molecule has 7 nitrogen and oxygen atoms in total. The minimum absolute atomic E-state index is 0.121. The molecule has 0 radical (unpaired) electrons. The monoisotopic (exact) mass is 303 g/mol. The van der Waals surface area contributed by atoms with Gasteiger partial charge in [-0.25, -0.2) is 0 Å². The highest BCUT2D eigenvalue weighted by atomic mass is 16.5. The van der Waals surface area contributed by atoms with E-state index in [9.17, 15) is 9.59 Å². The van der Waals surface area contributed by atoms with Crippen molar-refractivity contribution in [1.29, 1.82) is 0 Å². The normalized spacial score (nSPS) is 10.1. The molecule has 1 aromatic carbocycles. The van der Waals surface area contributed by atoms with Crippen LogP contribution in [0, 0.1) is 0 Å². The van der Waals surface area contributed by atoms with Crippen molar-refractivity contribution in [1.82, 2.24) is 15.1 Å². The molecule has 2 aromatic rings. The number of methoxy groups -OCH3 is 2. The van der Waals surface area contributed by atoms with Crippen LogP contribution in [0.4, 0.5) is 0 Å². The molecule has 22 heavy (non-hydrogen) atoms. The Hall–Kier alpha value is -2.83. The van der Waals surface area contributed by atoms with E-state index in [1.807, 2.05) is 0 Å².